The van der Waals surface area contributed by atoms with Gasteiger partial charge in [-0.25, -0.2) is 0 Å². The van der Waals surface area contributed by atoms with Crippen molar-refractivity contribution in [2.45, 2.75) is 38.8 Å². The highest BCUT2D eigenvalue weighted by molar-refractivity contribution is 5.78. The van der Waals surface area contributed by atoms with E-state index < -0.39 is 0 Å². The highest BCUT2D eigenvalue weighted by Gasteiger charge is 2.34. The van der Waals surface area contributed by atoms with Crippen LogP contribution in [-0.4, -0.2) is 84.7 Å². The van der Waals surface area contributed by atoms with E-state index >= 15 is 0 Å². The third-order valence-corrected chi connectivity index (χ3v) is 4.64. The molecule has 2 fully saturated rings. The maximum atomic E-state index is 12.6. The molecule has 2 aliphatic heterocycles. The van der Waals surface area contributed by atoms with Crippen molar-refractivity contribution in [2.24, 2.45) is 11.8 Å². The van der Waals surface area contributed by atoms with Crippen molar-refractivity contribution in [3.05, 3.63) is 0 Å². The summed E-state index contributed by atoms with van der Waals surface area (Å²) in [6.45, 7) is 8.21. The van der Waals surface area contributed by atoms with Gasteiger partial charge in [-0.3, -0.25) is 9.69 Å². The number of β-amino-alcohol motifs (C(OH)–C–C–N with tert-alkyl or cyclic N) is 1. The summed E-state index contributed by atoms with van der Waals surface area (Å²) in [4.78, 5) is 18.9. The molecule has 2 rings (SSSR count). The minimum Gasteiger partial charge on any atom is -0.392 e. The lowest BCUT2D eigenvalue weighted by molar-refractivity contribution is -0.135. The summed E-state index contributed by atoms with van der Waals surface area (Å²) in [6.07, 6.45) is 1.70. The van der Waals surface area contributed by atoms with Gasteiger partial charge in [0.25, 0.3) is 0 Å². The van der Waals surface area contributed by atoms with Crippen LogP contribution < -0.4 is 0 Å². The Hall–Kier alpha value is -0.650. The zero-order valence-electron chi connectivity index (χ0n) is 14.0. The average molecular weight is 297 g/mol. The van der Waals surface area contributed by atoms with Crippen LogP contribution in [-0.2, 0) is 4.79 Å². The van der Waals surface area contributed by atoms with Gasteiger partial charge in [0.1, 0.15) is 0 Å². The molecule has 0 radical (unpaired) electrons. The van der Waals surface area contributed by atoms with E-state index in [1.807, 2.05) is 19.0 Å². The molecule has 122 valence electrons. The maximum Gasteiger partial charge on any atom is 0.236 e. The SMILES string of the molecule is CC1CC(C)CN(C(=O)CN2CC(O)CC2CN(C)C)C1. The number of aliphatic hydroxyl groups is 1. The predicted molar refractivity (Wildman–Crippen MR) is 84.1 cm³/mol. The summed E-state index contributed by atoms with van der Waals surface area (Å²) >= 11 is 0. The second kappa shape index (κ2) is 7.07. The Kier molecular flexibility index (Phi) is 5.63. The standard InChI is InChI=1S/C16H31N3O2/c1-12-5-13(2)8-19(7-12)16(21)11-18-10-15(20)6-14(18)9-17(3)4/h12-15,20H,5-11H2,1-4H3. The highest BCUT2D eigenvalue weighted by atomic mass is 16.3. The number of likely N-dealkylation sites (N-methyl/N-ethyl adjacent to an activating group) is 1. The van der Waals surface area contributed by atoms with Crippen LogP contribution in [0.2, 0.25) is 0 Å². The van der Waals surface area contributed by atoms with Gasteiger partial charge in [-0.2, -0.15) is 0 Å². The molecule has 0 aliphatic carbocycles. The Morgan fingerprint density at radius 1 is 1.14 bits per heavy atom. The molecule has 0 aromatic heterocycles. The Morgan fingerprint density at radius 3 is 2.33 bits per heavy atom. The van der Waals surface area contributed by atoms with Crippen molar-refractivity contribution in [3.63, 3.8) is 0 Å². The smallest absolute Gasteiger partial charge is 0.236 e. The number of carbonyl (C=O) groups is 1. The highest BCUT2D eigenvalue weighted by Crippen LogP contribution is 2.23. The van der Waals surface area contributed by atoms with E-state index in [9.17, 15) is 9.90 Å². The summed E-state index contributed by atoms with van der Waals surface area (Å²) in [5.41, 5.74) is 0. The summed E-state index contributed by atoms with van der Waals surface area (Å²) in [5, 5.41) is 9.91. The van der Waals surface area contributed by atoms with Gasteiger partial charge in [0.05, 0.1) is 12.6 Å². The fourth-order valence-corrected chi connectivity index (χ4v) is 3.90. The first-order valence-electron chi connectivity index (χ1n) is 8.19. The van der Waals surface area contributed by atoms with Gasteiger partial charge in [0, 0.05) is 32.2 Å². The molecule has 5 heteroatoms. The molecule has 2 heterocycles. The lowest BCUT2D eigenvalue weighted by atomic mass is 9.92. The molecule has 0 aromatic carbocycles. The lowest BCUT2D eigenvalue weighted by Gasteiger charge is -2.36. The summed E-state index contributed by atoms with van der Waals surface area (Å²) in [5.74, 6) is 1.42. The average Bonchev–Trinajstić information content (AvgIpc) is 2.67. The summed E-state index contributed by atoms with van der Waals surface area (Å²) in [6, 6.07) is 0.290. The van der Waals surface area contributed by atoms with E-state index in [-0.39, 0.29) is 12.0 Å². The van der Waals surface area contributed by atoms with Gasteiger partial charge in [-0.15, -0.1) is 0 Å². The second-order valence-electron chi connectivity index (χ2n) is 7.48. The number of rotatable bonds is 4. The Labute approximate surface area is 128 Å². The van der Waals surface area contributed by atoms with Gasteiger partial charge >= 0.3 is 0 Å². The first-order chi connectivity index (χ1) is 9.85. The third kappa shape index (κ3) is 4.66. The molecule has 2 saturated heterocycles. The Balaban J connectivity index is 1.91. The van der Waals surface area contributed by atoms with E-state index in [4.69, 9.17) is 0 Å². The van der Waals surface area contributed by atoms with Crippen LogP contribution in [0.5, 0.6) is 0 Å². The van der Waals surface area contributed by atoms with Crippen LogP contribution in [0.3, 0.4) is 0 Å². The van der Waals surface area contributed by atoms with E-state index in [1.165, 1.54) is 6.42 Å². The molecule has 0 bridgehead atoms. The minimum atomic E-state index is -0.290. The van der Waals surface area contributed by atoms with E-state index in [2.05, 4.69) is 23.6 Å². The first-order valence-corrected chi connectivity index (χ1v) is 8.19. The van der Waals surface area contributed by atoms with Crippen molar-refractivity contribution < 1.29 is 9.90 Å². The molecule has 0 aromatic rings. The second-order valence-corrected chi connectivity index (χ2v) is 7.48. The molecule has 4 unspecified atom stereocenters. The zero-order valence-corrected chi connectivity index (χ0v) is 14.0. The van der Waals surface area contributed by atoms with Crippen molar-refractivity contribution >= 4 is 5.91 Å². The quantitative estimate of drug-likeness (QED) is 0.820. The third-order valence-electron chi connectivity index (χ3n) is 4.64. The fourth-order valence-electron chi connectivity index (χ4n) is 3.90. The van der Waals surface area contributed by atoms with Crippen LogP contribution in [0.25, 0.3) is 0 Å². The normalized spacial score (nSPS) is 34.7. The molecule has 4 atom stereocenters. The molecule has 0 saturated carbocycles. The lowest BCUT2D eigenvalue weighted by Crippen LogP contribution is -2.49. The predicted octanol–water partition coefficient (Wildman–Crippen LogP) is 0.488. The van der Waals surface area contributed by atoms with Crippen molar-refractivity contribution in [1.29, 1.82) is 0 Å². The van der Waals surface area contributed by atoms with Crippen LogP contribution in [0.1, 0.15) is 26.7 Å². The maximum absolute atomic E-state index is 12.6. The number of piperidine rings is 1. The molecular formula is C16H31N3O2. The monoisotopic (exact) mass is 297 g/mol. The minimum absolute atomic E-state index is 0.228. The molecule has 0 spiro atoms. The van der Waals surface area contributed by atoms with Gasteiger partial charge in [-0.05, 0) is 38.8 Å². The summed E-state index contributed by atoms with van der Waals surface area (Å²) in [7, 11) is 4.08. The van der Waals surface area contributed by atoms with Crippen LogP contribution in [0, 0.1) is 11.8 Å². The molecule has 5 nitrogen and oxygen atoms in total. The number of nitrogens with zero attached hydrogens (tertiary/aromatic N) is 3. The number of amides is 1. The van der Waals surface area contributed by atoms with E-state index in [1.54, 1.807) is 0 Å². The van der Waals surface area contributed by atoms with Gasteiger partial charge in [0.15, 0.2) is 0 Å². The number of hydrogen-bond donors (Lipinski definition) is 1. The van der Waals surface area contributed by atoms with Gasteiger partial charge in [-0.1, -0.05) is 13.8 Å². The molecule has 1 N–H and O–H groups in total. The number of carbonyl (C=O) groups excluding carboxylic acids is 1. The van der Waals surface area contributed by atoms with E-state index in [0.29, 0.717) is 31.0 Å². The molecule has 1 amide bonds. The van der Waals surface area contributed by atoms with Crippen molar-refractivity contribution in [1.82, 2.24) is 14.7 Å². The topological polar surface area (TPSA) is 47.0 Å². The van der Waals surface area contributed by atoms with Crippen LogP contribution >= 0.6 is 0 Å². The largest absolute Gasteiger partial charge is 0.392 e. The molecule has 21 heavy (non-hydrogen) atoms. The van der Waals surface area contributed by atoms with Crippen molar-refractivity contribution in [3.8, 4) is 0 Å². The Morgan fingerprint density at radius 2 is 1.76 bits per heavy atom. The molecular weight excluding hydrogens is 266 g/mol. The van der Waals surface area contributed by atoms with Crippen molar-refractivity contribution in [2.75, 3.05) is 46.8 Å². The number of aliphatic hydroxyl groups excluding tert-OH is 1. The van der Waals surface area contributed by atoms with Crippen LogP contribution in [0.4, 0.5) is 0 Å². The molecule has 2 aliphatic rings. The van der Waals surface area contributed by atoms with Gasteiger partial charge in [0.2, 0.25) is 5.91 Å². The first kappa shape index (κ1) is 16.7. The van der Waals surface area contributed by atoms with Gasteiger partial charge < -0.3 is 14.9 Å². The summed E-state index contributed by atoms with van der Waals surface area (Å²) < 4.78 is 0. The Bertz CT molecular complexity index is 351. The fraction of sp³-hybridized carbons (Fsp3) is 0.938. The van der Waals surface area contributed by atoms with Crippen LogP contribution in [0.15, 0.2) is 0 Å². The zero-order chi connectivity index (χ0) is 15.6. The number of likely N-dealkylation sites (tertiary alicyclic amines) is 2. The van der Waals surface area contributed by atoms with E-state index in [0.717, 1.165) is 26.1 Å². The number of hydrogen-bond acceptors (Lipinski definition) is 4.